The highest BCUT2D eigenvalue weighted by atomic mass is 15.3. The second kappa shape index (κ2) is 7.51. The molecule has 0 radical (unpaired) electrons. The number of nitrogens with zero attached hydrogens (tertiary/aromatic N) is 4. The van der Waals surface area contributed by atoms with Crippen LogP contribution in [0, 0.1) is 6.92 Å². The standard InChI is InChI=1S/C19H27N5/c1-4-16(3)21-19-20-9-8-18(22-19)24-12-10-23(11-13-24)17-7-5-6-15(2)14-17/h5-9,14,16H,4,10-13H2,1-3H3,(H,20,21,22). The topological polar surface area (TPSA) is 44.3 Å². The molecule has 2 aromatic rings. The molecule has 2 heterocycles. The normalized spacial score (nSPS) is 16.1. The first-order chi connectivity index (χ1) is 11.7. The molecular weight excluding hydrogens is 298 g/mol. The Morgan fingerprint density at radius 2 is 1.88 bits per heavy atom. The number of aromatic nitrogens is 2. The molecule has 5 nitrogen and oxygen atoms in total. The van der Waals surface area contributed by atoms with Gasteiger partial charge in [0.15, 0.2) is 0 Å². The fraction of sp³-hybridized carbons (Fsp3) is 0.474. The molecule has 5 heteroatoms. The zero-order chi connectivity index (χ0) is 16.9. The van der Waals surface area contributed by atoms with E-state index in [1.54, 1.807) is 0 Å². The van der Waals surface area contributed by atoms with Gasteiger partial charge in [-0.25, -0.2) is 4.98 Å². The first-order valence-electron chi connectivity index (χ1n) is 8.82. The van der Waals surface area contributed by atoms with Crippen molar-refractivity contribution in [3.63, 3.8) is 0 Å². The summed E-state index contributed by atoms with van der Waals surface area (Å²) in [6.45, 7) is 10.4. The van der Waals surface area contributed by atoms with Crippen molar-refractivity contribution in [1.29, 1.82) is 0 Å². The molecule has 0 saturated carbocycles. The van der Waals surface area contributed by atoms with E-state index in [9.17, 15) is 0 Å². The number of aryl methyl sites for hydroxylation is 1. The second-order valence-electron chi connectivity index (χ2n) is 6.51. The summed E-state index contributed by atoms with van der Waals surface area (Å²) in [5.74, 6) is 1.74. The third kappa shape index (κ3) is 3.96. The highest BCUT2D eigenvalue weighted by molar-refractivity contribution is 5.51. The summed E-state index contributed by atoms with van der Waals surface area (Å²) < 4.78 is 0. The minimum atomic E-state index is 0.387. The van der Waals surface area contributed by atoms with Gasteiger partial charge in [-0.05, 0) is 44.0 Å². The van der Waals surface area contributed by atoms with E-state index < -0.39 is 0 Å². The summed E-state index contributed by atoms with van der Waals surface area (Å²) in [6, 6.07) is 11.1. The summed E-state index contributed by atoms with van der Waals surface area (Å²) in [5.41, 5.74) is 2.63. The Labute approximate surface area is 144 Å². The first kappa shape index (κ1) is 16.6. The molecule has 1 fully saturated rings. The highest BCUT2D eigenvalue weighted by Gasteiger charge is 2.19. The van der Waals surface area contributed by atoms with Gasteiger partial charge in [-0.15, -0.1) is 0 Å². The van der Waals surface area contributed by atoms with Crippen LogP contribution in [-0.2, 0) is 0 Å². The van der Waals surface area contributed by atoms with Gasteiger partial charge >= 0.3 is 0 Å². The number of anilines is 3. The van der Waals surface area contributed by atoms with E-state index in [1.165, 1.54) is 11.3 Å². The van der Waals surface area contributed by atoms with E-state index in [1.807, 2.05) is 12.3 Å². The maximum Gasteiger partial charge on any atom is 0.224 e. The molecule has 1 unspecified atom stereocenters. The Morgan fingerprint density at radius 1 is 1.12 bits per heavy atom. The lowest BCUT2D eigenvalue weighted by atomic mass is 10.2. The van der Waals surface area contributed by atoms with Crippen LogP contribution in [0.25, 0.3) is 0 Å². The highest BCUT2D eigenvalue weighted by Crippen LogP contribution is 2.20. The monoisotopic (exact) mass is 325 g/mol. The number of piperazine rings is 1. The number of rotatable bonds is 5. The molecule has 0 aliphatic carbocycles. The molecule has 1 aliphatic rings. The summed E-state index contributed by atoms with van der Waals surface area (Å²) in [7, 11) is 0. The lowest BCUT2D eigenvalue weighted by Gasteiger charge is -2.36. The van der Waals surface area contributed by atoms with Crippen molar-refractivity contribution in [3.8, 4) is 0 Å². The minimum absolute atomic E-state index is 0.387. The van der Waals surface area contributed by atoms with Gasteiger partial charge in [-0.2, -0.15) is 4.98 Å². The van der Waals surface area contributed by atoms with Crippen LogP contribution in [0.1, 0.15) is 25.8 Å². The van der Waals surface area contributed by atoms with Crippen LogP contribution in [0.3, 0.4) is 0 Å². The van der Waals surface area contributed by atoms with Crippen molar-refractivity contribution in [2.75, 3.05) is 41.3 Å². The maximum absolute atomic E-state index is 4.68. The largest absolute Gasteiger partial charge is 0.368 e. The molecule has 0 bridgehead atoms. The van der Waals surface area contributed by atoms with Crippen LogP contribution in [0.5, 0.6) is 0 Å². The Bertz CT molecular complexity index is 664. The smallest absolute Gasteiger partial charge is 0.224 e. The van der Waals surface area contributed by atoms with Gasteiger partial charge in [0, 0.05) is 44.1 Å². The van der Waals surface area contributed by atoms with Crippen molar-refractivity contribution in [1.82, 2.24) is 9.97 Å². The molecular formula is C19H27N5. The van der Waals surface area contributed by atoms with Gasteiger partial charge in [0.05, 0.1) is 0 Å². The van der Waals surface area contributed by atoms with Crippen molar-refractivity contribution in [2.45, 2.75) is 33.2 Å². The lowest BCUT2D eigenvalue weighted by molar-refractivity contribution is 0.646. The Balaban J connectivity index is 1.63. The zero-order valence-corrected chi connectivity index (χ0v) is 14.9. The number of hydrogen-bond acceptors (Lipinski definition) is 5. The van der Waals surface area contributed by atoms with Gasteiger partial charge in [-0.3, -0.25) is 0 Å². The van der Waals surface area contributed by atoms with Crippen LogP contribution >= 0.6 is 0 Å². The average molecular weight is 325 g/mol. The summed E-state index contributed by atoms with van der Waals surface area (Å²) >= 11 is 0. The Hall–Kier alpha value is -2.30. The van der Waals surface area contributed by atoms with Gasteiger partial charge in [0.1, 0.15) is 5.82 Å². The van der Waals surface area contributed by atoms with Gasteiger partial charge in [0.25, 0.3) is 0 Å². The number of nitrogens with one attached hydrogen (secondary N) is 1. The molecule has 0 spiro atoms. The van der Waals surface area contributed by atoms with E-state index in [0.29, 0.717) is 6.04 Å². The summed E-state index contributed by atoms with van der Waals surface area (Å²) in [4.78, 5) is 13.8. The third-order valence-corrected chi connectivity index (χ3v) is 4.60. The quantitative estimate of drug-likeness (QED) is 0.913. The van der Waals surface area contributed by atoms with Crippen molar-refractivity contribution >= 4 is 17.5 Å². The van der Waals surface area contributed by atoms with E-state index in [0.717, 1.165) is 44.4 Å². The van der Waals surface area contributed by atoms with E-state index in [-0.39, 0.29) is 0 Å². The van der Waals surface area contributed by atoms with E-state index in [4.69, 9.17) is 0 Å². The lowest BCUT2D eigenvalue weighted by Crippen LogP contribution is -2.46. The molecule has 1 saturated heterocycles. The van der Waals surface area contributed by atoms with Crippen molar-refractivity contribution < 1.29 is 0 Å². The zero-order valence-electron chi connectivity index (χ0n) is 14.9. The van der Waals surface area contributed by atoms with Gasteiger partial charge in [-0.1, -0.05) is 19.1 Å². The maximum atomic E-state index is 4.68. The molecule has 1 aromatic carbocycles. The molecule has 24 heavy (non-hydrogen) atoms. The summed E-state index contributed by atoms with van der Waals surface area (Å²) in [6.07, 6.45) is 2.91. The van der Waals surface area contributed by atoms with Crippen molar-refractivity contribution in [3.05, 3.63) is 42.1 Å². The predicted octanol–water partition coefficient (Wildman–Crippen LogP) is 3.32. The molecule has 0 amide bonds. The molecule has 1 N–H and O–H groups in total. The third-order valence-electron chi connectivity index (χ3n) is 4.60. The van der Waals surface area contributed by atoms with E-state index >= 15 is 0 Å². The molecule has 1 aliphatic heterocycles. The number of benzene rings is 1. The van der Waals surface area contributed by atoms with Crippen LogP contribution < -0.4 is 15.1 Å². The van der Waals surface area contributed by atoms with Crippen LogP contribution in [0.4, 0.5) is 17.5 Å². The SMILES string of the molecule is CCC(C)Nc1nccc(N2CCN(c3cccc(C)c3)CC2)n1. The first-order valence-corrected chi connectivity index (χ1v) is 8.82. The molecule has 128 valence electrons. The molecule has 1 aromatic heterocycles. The fourth-order valence-electron chi connectivity index (χ4n) is 2.94. The predicted molar refractivity (Wildman–Crippen MR) is 101 cm³/mol. The molecule has 1 atom stereocenters. The Kier molecular flexibility index (Phi) is 5.18. The van der Waals surface area contributed by atoms with Crippen LogP contribution in [-0.4, -0.2) is 42.2 Å². The van der Waals surface area contributed by atoms with Gasteiger partial charge in [0.2, 0.25) is 5.95 Å². The van der Waals surface area contributed by atoms with Crippen LogP contribution in [0.15, 0.2) is 36.5 Å². The van der Waals surface area contributed by atoms with Crippen LogP contribution in [0.2, 0.25) is 0 Å². The number of hydrogen-bond donors (Lipinski definition) is 1. The average Bonchev–Trinajstić information content (AvgIpc) is 2.62. The molecule has 3 rings (SSSR count). The van der Waals surface area contributed by atoms with E-state index in [2.05, 4.69) is 70.1 Å². The summed E-state index contributed by atoms with van der Waals surface area (Å²) in [5, 5.41) is 3.35. The van der Waals surface area contributed by atoms with Gasteiger partial charge < -0.3 is 15.1 Å². The second-order valence-corrected chi connectivity index (χ2v) is 6.51. The van der Waals surface area contributed by atoms with Crippen molar-refractivity contribution in [2.24, 2.45) is 0 Å². The fourth-order valence-corrected chi connectivity index (χ4v) is 2.94. The Morgan fingerprint density at radius 3 is 2.58 bits per heavy atom. The minimum Gasteiger partial charge on any atom is -0.368 e.